The molecule has 1 heterocycles. The minimum Gasteiger partial charge on any atom is -0.392 e. The predicted molar refractivity (Wildman–Crippen MR) is 55.4 cm³/mol. The van der Waals surface area contributed by atoms with Crippen LogP contribution in [0.2, 0.25) is 0 Å². The summed E-state index contributed by atoms with van der Waals surface area (Å²) >= 11 is 1.90. The minimum absolute atomic E-state index is 0.0426. The van der Waals surface area contributed by atoms with Crippen molar-refractivity contribution in [2.75, 3.05) is 11.5 Å². The van der Waals surface area contributed by atoms with E-state index in [1.807, 2.05) is 11.8 Å². The monoisotopic (exact) mass is 188 g/mol. The summed E-state index contributed by atoms with van der Waals surface area (Å²) in [6.07, 6.45) is 1.19. The molecular weight excluding hydrogens is 168 g/mol. The Labute approximate surface area is 79.9 Å². The SMILES string of the molecule is CCC(C)C(C)C1CSCC1O. The third kappa shape index (κ3) is 2.17. The second-order valence-corrected chi connectivity index (χ2v) is 5.09. The van der Waals surface area contributed by atoms with Gasteiger partial charge in [0.25, 0.3) is 0 Å². The highest BCUT2D eigenvalue weighted by Crippen LogP contribution is 2.34. The van der Waals surface area contributed by atoms with Crippen LogP contribution >= 0.6 is 11.8 Å². The molecule has 1 saturated heterocycles. The van der Waals surface area contributed by atoms with Crippen molar-refractivity contribution in [1.82, 2.24) is 0 Å². The molecule has 1 nitrogen and oxygen atoms in total. The van der Waals surface area contributed by atoms with E-state index in [1.54, 1.807) is 0 Å². The first kappa shape index (κ1) is 10.4. The van der Waals surface area contributed by atoms with Crippen molar-refractivity contribution < 1.29 is 5.11 Å². The van der Waals surface area contributed by atoms with Crippen molar-refractivity contribution in [3.63, 3.8) is 0 Å². The van der Waals surface area contributed by atoms with E-state index < -0.39 is 0 Å². The highest BCUT2D eigenvalue weighted by Gasteiger charge is 2.32. The molecule has 1 aliphatic rings. The average Bonchev–Trinajstić information content (AvgIpc) is 2.48. The summed E-state index contributed by atoms with van der Waals surface area (Å²) in [4.78, 5) is 0. The van der Waals surface area contributed by atoms with Crippen LogP contribution < -0.4 is 0 Å². The van der Waals surface area contributed by atoms with Gasteiger partial charge in [-0.3, -0.25) is 0 Å². The van der Waals surface area contributed by atoms with E-state index in [-0.39, 0.29) is 6.10 Å². The minimum atomic E-state index is -0.0426. The molecule has 1 N–H and O–H groups in total. The summed E-state index contributed by atoms with van der Waals surface area (Å²) in [5.41, 5.74) is 0. The Kier molecular flexibility index (Phi) is 3.91. The molecule has 0 amide bonds. The Hall–Kier alpha value is 0.310. The molecule has 12 heavy (non-hydrogen) atoms. The van der Waals surface area contributed by atoms with Crippen molar-refractivity contribution in [3.8, 4) is 0 Å². The van der Waals surface area contributed by atoms with Gasteiger partial charge in [0.2, 0.25) is 0 Å². The van der Waals surface area contributed by atoms with E-state index >= 15 is 0 Å². The van der Waals surface area contributed by atoms with Gasteiger partial charge in [-0.15, -0.1) is 0 Å². The predicted octanol–water partition coefficient (Wildman–Crippen LogP) is 2.39. The van der Waals surface area contributed by atoms with E-state index in [0.717, 1.165) is 17.4 Å². The van der Waals surface area contributed by atoms with Crippen molar-refractivity contribution in [3.05, 3.63) is 0 Å². The highest BCUT2D eigenvalue weighted by molar-refractivity contribution is 7.99. The van der Waals surface area contributed by atoms with Gasteiger partial charge >= 0.3 is 0 Å². The maximum atomic E-state index is 9.68. The number of rotatable bonds is 3. The Morgan fingerprint density at radius 1 is 1.42 bits per heavy atom. The fourth-order valence-electron chi connectivity index (χ4n) is 1.86. The largest absolute Gasteiger partial charge is 0.392 e. The maximum Gasteiger partial charge on any atom is 0.0669 e. The van der Waals surface area contributed by atoms with Gasteiger partial charge < -0.3 is 5.11 Å². The summed E-state index contributed by atoms with van der Waals surface area (Å²) in [6, 6.07) is 0. The zero-order chi connectivity index (χ0) is 9.14. The zero-order valence-electron chi connectivity index (χ0n) is 8.29. The number of aliphatic hydroxyl groups is 1. The molecule has 1 fully saturated rings. The average molecular weight is 188 g/mol. The molecule has 0 aromatic rings. The van der Waals surface area contributed by atoms with Crippen LogP contribution in [0.25, 0.3) is 0 Å². The lowest BCUT2D eigenvalue weighted by atomic mass is 9.81. The number of hydrogen-bond acceptors (Lipinski definition) is 2. The van der Waals surface area contributed by atoms with Crippen LogP contribution in [0.15, 0.2) is 0 Å². The van der Waals surface area contributed by atoms with Crippen LogP contribution in [0, 0.1) is 17.8 Å². The molecule has 0 aromatic carbocycles. The van der Waals surface area contributed by atoms with Gasteiger partial charge in [0.1, 0.15) is 0 Å². The molecule has 0 saturated carbocycles. The van der Waals surface area contributed by atoms with E-state index in [0.29, 0.717) is 11.8 Å². The second-order valence-electron chi connectivity index (χ2n) is 4.01. The van der Waals surface area contributed by atoms with Crippen molar-refractivity contribution in [1.29, 1.82) is 0 Å². The Balaban J connectivity index is 2.45. The Bertz CT molecular complexity index is 138. The summed E-state index contributed by atoms with van der Waals surface area (Å²) in [6.45, 7) is 6.81. The van der Waals surface area contributed by atoms with Gasteiger partial charge in [-0.05, 0) is 23.5 Å². The quantitative estimate of drug-likeness (QED) is 0.734. The van der Waals surface area contributed by atoms with Crippen molar-refractivity contribution >= 4 is 11.8 Å². The summed E-state index contributed by atoms with van der Waals surface area (Å²) in [5, 5.41) is 9.68. The highest BCUT2D eigenvalue weighted by atomic mass is 32.2. The van der Waals surface area contributed by atoms with Gasteiger partial charge in [0, 0.05) is 5.75 Å². The topological polar surface area (TPSA) is 20.2 Å². The zero-order valence-corrected chi connectivity index (χ0v) is 9.10. The molecule has 4 unspecified atom stereocenters. The van der Waals surface area contributed by atoms with Gasteiger partial charge in [-0.2, -0.15) is 11.8 Å². The molecular formula is C10H20OS. The molecule has 0 radical (unpaired) electrons. The number of hydrogen-bond donors (Lipinski definition) is 1. The van der Waals surface area contributed by atoms with Crippen LogP contribution in [0.4, 0.5) is 0 Å². The van der Waals surface area contributed by atoms with E-state index in [9.17, 15) is 5.11 Å². The standard InChI is InChI=1S/C10H20OS/c1-4-7(2)8(3)9-5-12-6-10(9)11/h7-11H,4-6H2,1-3H3. The molecule has 2 heteroatoms. The third-order valence-electron chi connectivity index (χ3n) is 3.31. The van der Waals surface area contributed by atoms with Crippen LogP contribution in [-0.4, -0.2) is 22.7 Å². The third-order valence-corrected chi connectivity index (χ3v) is 4.51. The second kappa shape index (κ2) is 4.52. The number of aliphatic hydroxyl groups excluding tert-OH is 1. The molecule has 4 atom stereocenters. The molecule has 0 aliphatic carbocycles. The lowest BCUT2D eigenvalue weighted by molar-refractivity contribution is 0.0983. The van der Waals surface area contributed by atoms with Crippen LogP contribution in [0.5, 0.6) is 0 Å². The first-order valence-electron chi connectivity index (χ1n) is 4.92. The molecule has 0 aromatic heterocycles. The smallest absolute Gasteiger partial charge is 0.0669 e. The first-order valence-corrected chi connectivity index (χ1v) is 6.08. The van der Waals surface area contributed by atoms with Crippen molar-refractivity contribution in [2.45, 2.75) is 33.3 Å². The van der Waals surface area contributed by atoms with E-state index in [2.05, 4.69) is 20.8 Å². The van der Waals surface area contributed by atoms with E-state index in [4.69, 9.17) is 0 Å². The normalized spacial score (nSPS) is 35.0. The van der Waals surface area contributed by atoms with Gasteiger partial charge in [0.05, 0.1) is 6.10 Å². The van der Waals surface area contributed by atoms with Gasteiger partial charge in [-0.25, -0.2) is 0 Å². The fourth-order valence-corrected chi connectivity index (χ4v) is 3.28. The lowest BCUT2D eigenvalue weighted by Crippen LogP contribution is -2.28. The summed E-state index contributed by atoms with van der Waals surface area (Å²) in [7, 11) is 0. The maximum absolute atomic E-state index is 9.68. The van der Waals surface area contributed by atoms with Crippen LogP contribution in [-0.2, 0) is 0 Å². The molecule has 1 aliphatic heterocycles. The molecule has 0 spiro atoms. The summed E-state index contributed by atoms with van der Waals surface area (Å²) in [5.74, 6) is 4.09. The van der Waals surface area contributed by atoms with Gasteiger partial charge in [0.15, 0.2) is 0 Å². The lowest BCUT2D eigenvalue weighted by Gasteiger charge is -2.26. The summed E-state index contributed by atoms with van der Waals surface area (Å²) < 4.78 is 0. The first-order chi connectivity index (χ1) is 5.66. The van der Waals surface area contributed by atoms with E-state index in [1.165, 1.54) is 6.42 Å². The molecule has 1 rings (SSSR count). The van der Waals surface area contributed by atoms with Crippen LogP contribution in [0.1, 0.15) is 27.2 Å². The molecule has 72 valence electrons. The van der Waals surface area contributed by atoms with Crippen LogP contribution in [0.3, 0.4) is 0 Å². The Morgan fingerprint density at radius 2 is 2.08 bits per heavy atom. The van der Waals surface area contributed by atoms with Gasteiger partial charge in [-0.1, -0.05) is 27.2 Å². The Morgan fingerprint density at radius 3 is 2.50 bits per heavy atom. The number of thioether (sulfide) groups is 1. The fraction of sp³-hybridized carbons (Fsp3) is 1.00. The van der Waals surface area contributed by atoms with Crippen molar-refractivity contribution in [2.24, 2.45) is 17.8 Å². The molecule has 0 bridgehead atoms.